The number of aldehydes is 1. The molecule has 0 amide bonds. The van der Waals surface area contributed by atoms with E-state index in [1.165, 1.54) is 12.3 Å². The van der Waals surface area contributed by atoms with Gasteiger partial charge in [-0.1, -0.05) is 6.07 Å². The van der Waals surface area contributed by atoms with E-state index in [9.17, 15) is 18.0 Å². The highest BCUT2D eigenvalue weighted by molar-refractivity contribution is 5.48. The summed E-state index contributed by atoms with van der Waals surface area (Å²) in [6.07, 6.45) is -1.12. The lowest BCUT2D eigenvalue weighted by atomic mass is 10.2. The predicted molar refractivity (Wildman–Crippen MR) is 64.0 cm³/mol. The summed E-state index contributed by atoms with van der Waals surface area (Å²) in [6, 6.07) is 2.35. The minimum absolute atomic E-state index is 0.392. The fourth-order valence-corrected chi connectivity index (χ4v) is 1.41. The average molecular weight is 275 g/mol. The van der Waals surface area contributed by atoms with Gasteiger partial charge < -0.3 is 4.79 Å². The van der Waals surface area contributed by atoms with E-state index >= 15 is 0 Å². The fraction of sp³-hybridized carbons (Fsp3) is 0.500. The molecule has 0 aliphatic rings. The zero-order valence-corrected chi connectivity index (χ0v) is 10.6. The van der Waals surface area contributed by atoms with Crippen molar-refractivity contribution in [1.82, 2.24) is 15.4 Å². The van der Waals surface area contributed by atoms with Gasteiger partial charge in [-0.2, -0.15) is 13.2 Å². The van der Waals surface area contributed by atoms with Gasteiger partial charge in [0, 0.05) is 32.8 Å². The number of carbonyl (C=O) groups is 1. The average Bonchev–Trinajstić information content (AvgIpc) is 2.36. The second-order valence-electron chi connectivity index (χ2n) is 4.11. The van der Waals surface area contributed by atoms with Crippen molar-refractivity contribution in [1.29, 1.82) is 0 Å². The first kappa shape index (κ1) is 15.6. The normalized spacial score (nSPS) is 11.8. The third-order valence-corrected chi connectivity index (χ3v) is 2.48. The van der Waals surface area contributed by atoms with Gasteiger partial charge >= 0.3 is 6.18 Å². The van der Waals surface area contributed by atoms with Gasteiger partial charge in [-0.25, -0.2) is 5.01 Å². The van der Waals surface area contributed by atoms with Crippen molar-refractivity contribution in [3.8, 4) is 0 Å². The van der Waals surface area contributed by atoms with Crippen molar-refractivity contribution in [2.24, 2.45) is 0 Å². The van der Waals surface area contributed by atoms with E-state index in [-0.39, 0.29) is 0 Å². The molecule has 1 aromatic heterocycles. The Morgan fingerprint density at radius 1 is 1.42 bits per heavy atom. The first-order valence-corrected chi connectivity index (χ1v) is 5.84. The number of unbranched alkanes of at least 4 members (excludes halogenated alkanes) is 1. The van der Waals surface area contributed by atoms with Gasteiger partial charge in [-0.15, -0.1) is 0 Å². The fourth-order valence-electron chi connectivity index (χ4n) is 1.41. The maximum atomic E-state index is 12.3. The van der Waals surface area contributed by atoms with Gasteiger partial charge in [0.05, 0.1) is 0 Å². The first-order chi connectivity index (χ1) is 8.93. The SMILES string of the molecule is CN(CCCC=O)NCc1ccc(C(F)(F)F)nc1. The number of aromatic nitrogens is 1. The van der Waals surface area contributed by atoms with Gasteiger partial charge in [-0.3, -0.25) is 10.4 Å². The first-order valence-electron chi connectivity index (χ1n) is 5.84. The van der Waals surface area contributed by atoms with Crippen LogP contribution in [0.4, 0.5) is 13.2 Å². The molecule has 1 N–H and O–H groups in total. The lowest BCUT2D eigenvalue weighted by molar-refractivity contribution is -0.141. The standard InChI is InChI=1S/C12H16F3N3O/c1-18(6-2-3-7-19)17-9-10-4-5-11(16-8-10)12(13,14)15/h4-5,7-8,17H,2-3,6,9H2,1H3. The summed E-state index contributed by atoms with van der Waals surface area (Å²) in [6.45, 7) is 1.08. The van der Waals surface area contributed by atoms with Crippen LogP contribution in [0.25, 0.3) is 0 Å². The van der Waals surface area contributed by atoms with Crippen LogP contribution < -0.4 is 5.43 Å². The molecular formula is C12H16F3N3O. The molecule has 1 aromatic rings. The number of pyridine rings is 1. The molecule has 0 atom stereocenters. The summed E-state index contributed by atoms with van der Waals surface area (Å²) >= 11 is 0. The highest BCUT2D eigenvalue weighted by Crippen LogP contribution is 2.27. The number of alkyl halides is 3. The van der Waals surface area contributed by atoms with Crippen LogP contribution in [-0.4, -0.2) is 29.9 Å². The Kier molecular flexibility index (Phi) is 5.91. The van der Waals surface area contributed by atoms with Crippen molar-refractivity contribution in [2.45, 2.75) is 25.6 Å². The van der Waals surface area contributed by atoms with Crippen LogP contribution in [0, 0.1) is 0 Å². The van der Waals surface area contributed by atoms with Crippen LogP contribution in [0.1, 0.15) is 24.1 Å². The van der Waals surface area contributed by atoms with Crippen LogP contribution in [0.3, 0.4) is 0 Å². The van der Waals surface area contributed by atoms with Crippen molar-refractivity contribution in [3.63, 3.8) is 0 Å². The zero-order chi connectivity index (χ0) is 14.3. The Morgan fingerprint density at radius 2 is 2.16 bits per heavy atom. The molecule has 0 saturated heterocycles. The molecule has 4 nitrogen and oxygen atoms in total. The molecule has 7 heteroatoms. The largest absolute Gasteiger partial charge is 0.433 e. The van der Waals surface area contributed by atoms with E-state index in [0.29, 0.717) is 25.1 Å². The number of hydrogen-bond donors (Lipinski definition) is 1. The van der Waals surface area contributed by atoms with Crippen molar-refractivity contribution in [2.75, 3.05) is 13.6 Å². The maximum Gasteiger partial charge on any atom is 0.433 e. The molecule has 0 aliphatic carbocycles. The molecule has 0 fully saturated rings. The molecule has 0 aromatic carbocycles. The van der Waals surface area contributed by atoms with E-state index in [0.717, 1.165) is 18.8 Å². The molecule has 0 unspecified atom stereocenters. The minimum Gasteiger partial charge on any atom is -0.303 e. The van der Waals surface area contributed by atoms with Gasteiger partial charge in [0.2, 0.25) is 0 Å². The lowest BCUT2D eigenvalue weighted by Gasteiger charge is -2.17. The van der Waals surface area contributed by atoms with E-state index in [1.807, 2.05) is 7.05 Å². The Balaban J connectivity index is 2.39. The molecular weight excluding hydrogens is 259 g/mol. The van der Waals surface area contributed by atoms with Crippen LogP contribution in [-0.2, 0) is 17.5 Å². The summed E-state index contributed by atoms with van der Waals surface area (Å²) in [5.41, 5.74) is 2.78. The molecule has 0 spiro atoms. The highest BCUT2D eigenvalue weighted by Gasteiger charge is 2.31. The van der Waals surface area contributed by atoms with E-state index in [1.54, 1.807) is 5.01 Å². The van der Waals surface area contributed by atoms with Crippen molar-refractivity contribution < 1.29 is 18.0 Å². The number of hydrazine groups is 1. The van der Waals surface area contributed by atoms with Crippen molar-refractivity contribution >= 4 is 6.29 Å². The summed E-state index contributed by atoms with van der Waals surface area (Å²) in [5.74, 6) is 0. The topological polar surface area (TPSA) is 45.2 Å². The van der Waals surface area contributed by atoms with Crippen molar-refractivity contribution in [3.05, 3.63) is 29.6 Å². The lowest BCUT2D eigenvalue weighted by Crippen LogP contribution is -2.34. The number of carbonyl (C=O) groups excluding carboxylic acids is 1. The Bertz CT molecular complexity index is 392. The quantitative estimate of drug-likeness (QED) is 0.470. The molecule has 0 aliphatic heterocycles. The van der Waals surface area contributed by atoms with Crippen LogP contribution in [0.5, 0.6) is 0 Å². The summed E-state index contributed by atoms with van der Waals surface area (Å²) < 4.78 is 36.9. The van der Waals surface area contributed by atoms with E-state index in [4.69, 9.17) is 0 Å². The molecule has 106 valence electrons. The van der Waals surface area contributed by atoms with Gasteiger partial charge in [0.15, 0.2) is 0 Å². The highest BCUT2D eigenvalue weighted by atomic mass is 19.4. The Hall–Kier alpha value is -1.47. The number of rotatable bonds is 7. The number of halogens is 3. The number of nitrogens with zero attached hydrogens (tertiary/aromatic N) is 2. The minimum atomic E-state index is -4.41. The smallest absolute Gasteiger partial charge is 0.303 e. The third kappa shape index (κ3) is 5.80. The number of nitrogens with one attached hydrogen (secondary N) is 1. The maximum absolute atomic E-state index is 12.3. The summed E-state index contributed by atoms with van der Waals surface area (Å²) in [7, 11) is 1.81. The van der Waals surface area contributed by atoms with E-state index in [2.05, 4.69) is 10.4 Å². The van der Waals surface area contributed by atoms with E-state index < -0.39 is 11.9 Å². The second kappa shape index (κ2) is 7.20. The number of hydrogen-bond acceptors (Lipinski definition) is 4. The second-order valence-corrected chi connectivity index (χ2v) is 4.11. The molecule has 0 bridgehead atoms. The van der Waals surface area contributed by atoms with Crippen LogP contribution in [0.15, 0.2) is 18.3 Å². The Morgan fingerprint density at radius 3 is 2.68 bits per heavy atom. The molecule has 0 radical (unpaired) electrons. The molecule has 1 rings (SSSR count). The monoisotopic (exact) mass is 275 g/mol. The zero-order valence-electron chi connectivity index (χ0n) is 10.6. The summed E-state index contributed by atoms with van der Waals surface area (Å²) in [5, 5.41) is 1.79. The summed E-state index contributed by atoms with van der Waals surface area (Å²) in [4.78, 5) is 13.5. The molecule has 1 heterocycles. The van der Waals surface area contributed by atoms with Gasteiger partial charge in [-0.05, 0) is 18.1 Å². The van der Waals surface area contributed by atoms with Crippen LogP contribution >= 0.6 is 0 Å². The third-order valence-electron chi connectivity index (χ3n) is 2.48. The van der Waals surface area contributed by atoms with Gasteiger partial charge in [0.25, 0.3) is 0 Å². The Labute approximate surface area is 109 Å². The van der Waals surface area contributed by atoms with Gasteiger partial charge in [0.1, 0.15) is 12.0 Å². The molecule has 0 saturated carbocycles. The molecule has 19 heavy (non-hydrogen) atoms. The van der Waals surface area contributed by atoms with Crippen LogP contribution in [0.2, 0.25) is 0 Å². The predicted octanol–water partition coefficient (Wildman–Crippen LogP) is 2.02.